The van der Waals surface area contributed by atoms with E-state index in [1.54, 1.807) is 43.5 Å². The van der Waals surface area contributed by atoms with Gasteiger partial charge in [-0.2, -0.15) is 0 Å². The highest BCUT2D eigenvalue weighted by Crippen LogP contribution is 2.22. The summed E-state index contributed by atoms with van der Waals surface area (Å²) in [4.78, 5) is 45.5. The molecule has 2 amide bonds. The largest absolute Gasteiger partial charge is 0.497 e. The second-order valence-electron chi connectivity index (χ2n) is 5.19. The van der Waals surface area contributed by atoms with Crippen LogP contribution in [0.5, 0.6) is 5.75 Å². The Morgan fingerprint density at radius 1 is 1.04 bits per heavy atom. The SMILES string of the molecule is COc1ccc(/C=N/OCC(=O)ON2C(=O)c3ccccc3C2=O)cc1. The molecule has 0 aromatic heterocycles. The highest BCUT2D eigenvalue weighted by Gasteiger charge is 2.38. The Bertz CT molecular complexity index is 841. The number of hydroxylamine groups is 2. The summed E-state index contributed by atoms with van der Waals surface area (Å²) in [5.41, 5.74) is 1.10. The minimum absolute atomic E-state index is 0.184. The summed E-state index contributed by atoms with van der Waals surface area (Å²) < 4.78 is 5.03. The lowest BCUT2D eigenvalue weighted by Crippen LogP contribution is -2.33. The summed E-state index contributed by atoms with van der Waals surface area (Å²) in [6.45, 7) is -0.555. The van der Waals surface area contributed by atoms with E-state index in [1.165, 1.54) is 18.3 Å². The van der Waals surface area contributed by atoms with Crippen LogP contribution in [0.3, 0.4) is 0 Å². The lowest BCUT2D eigenvalue weighted by Gasteiger charge is -2.11. The number of imide groups is 1. The number of oxime groups is 1. The molecule has 0 fully saturated rings. The Balaban J connectivity index is 1.51. The molecule has 8 nitrogen and oxygen atoms in total. The van der Waals surface area contributed by atoms with E-state index < -0.39 is 24.4 Å². The van der Waals surface area contributed by atoms with Crippen LogP contribution in [0.4, 0.5) is 0 Å². The van der Waals surface area contributed by atoms with Crippen LogP contribution in [-0.2, 0) is 14.5 Å². The molecule has 0 radical (unpaired) electrons. The number of carbonyl (C=O) groups excluding carboxylic acids is 3. The van der Waals surface area contributed by atoms with Gasteiger partial charge < -0.3 is 14.4 Å². The Morgan fingerprint density at radius 2 is 1.65 bits per heavy atom. The predicted molar refractivity (Wildman–Crippen MR) is 89.6 cm³/mol. The molecule has 0 unspecified atom stereocenters. The van der Waals surface area contributed by atoms with E-state index in [2.05, 4.69) is 5.16 Å². The molecule has 26 heavy (non-hydrogen) atoms. The van der Waals surface area contributed by atoms with Crippen LogP contribution in [0.15, 0.2) is 53.7 Å². The average Bonchev–Trinajstić information content (AvgIpc) is 2.91. The molecule has 8 heteroatoms. The Morgan fingerprint density at radius 3 is 2.23 bits per heavy atom. The molecular formula is C18H14N2O6. The molecule has 0 saturated heterocycles. The first kappa shape index (κ1) is 17.2. The quantitative estimate of drug-likeness (QED) is 0.446. The third-order valence-electron chi connectivity index (χ3n) is 3.52. The van der Waals surface area contributed by atoms with Gasteiger partial charge in [0.1, 0.15) is 5.75 Å². The van der Waals surface area contributed by atoms with Crippen molar-refractivity contribution in [3.63, 3.8) is 0 Å². The van der Waals surface area contributed by atoms with Crippen molar-refractivity contribution in [2.45, 2.75) is 0 Å². The second-order valence-corrected chi connectivity index (χ2v) is 5.19. The molecule has 0 bridgehead atoms. The van der Waals surface area contributed by atoms with Gasteiger partial charge in [-0.25, -0.2) is 4.79 Å². The molecule has 1 aliphatic heterocycles. The van der Waals surface area contributed by atoms with Gasteiger partial charge in [-0.05, 0) is 42.0 Å². The van der Waals surface area contributed by atoms with Crippen molar-refractivity contribution in [3.8, 4) is 5.75 Å². The van der Waals surface area contributed by atoms with Gasteiger partial charge in [-0.1, -0.05) is 22.4 Å². The van der Waals surface area contributed by atoms with Gasteiger partial charge >= 0.3 is 5.97 Å². The van der Waals surface area contributed by atoms with Crippen LogP contribution in [-0.4, -0.2) is 42.8 Å². The van der Waals surface area contributed by atoms with E-state index in [9.17, 15) is 14.4 Å². The molecule has 2 aromatic carbocycles. The minimum Gasteiger partial charge on any atom is -0.497 e. The number of hydrogen-bond donors (Lipinski definition) is 0. The molecule has 1 heterocycles. The number of methoxy groups -OCH3 is 1. The van der Waals surface area contributed by atoms with Crippen molar-refractivity contribution < 1.29 is 28.8 Å². The standard InChI is InChI=1S/C18H14N2O6/c1-24-13-8-6-12(7-9-13)10-19-25-11-16(21)26-20-17(22)14-4-2-3-5-15(14)18(20)23/h2-10H,11H2,1H3/b19-10+. The maximum atomic E-state index is 12.1. The lowest BCUT2D eigenvalue weighted by molar-refractivity contribution is -0.173. The van der Waals surface area contributed by atoms with Gasteiger partial charge in [0.25, 0.3) is 11.8 Å². The number of carbonyl (C=O) groups is 3. The van der Waals surface area contributed by atoms with Gasteiger partial charge in [0.2, 0.25) is 6.61 Å². The molecule has 132 valence electrons. The van der Waals surface area contributed by atoms with Gasteiger partial charge in [0.15, 0.2) is 0 Å². The van der Waals surface area contributed by atoms with E-state index in [4.69, 9.17) is 14.4 Å². The number of ether oxygens (including phenoxy) is 1. The highest BCUT2D eigenvalue weighted by molar-refractivity contribution is 6.20. The maximum Gasteiger partial charge on any atom is 0.373 e. The molecule has 2 aromatic rings. The fourth-order valence-corrected chi connectivity index (χ4v) is 2.26. The molecule has 0 aliphatic carbocycles. The van der Waals surface area contributed by atoms with Crippen molar-refractivity contribution in [3.05, 3.63) is 65.2 Å². The van der Waals surface area contributed by atoms with Crippen LogP contribution in [0.1, 0.15) is 26.3 Å². The molecule has 0 spiro atoms. The Kier molecular flexibility index (Phi) is 4.93. The zero-order valence-corrected chi connectivity index (χ0v) is 13.7. The number of nitrogens with zero attached hydrogens (tertiary/aromatic N) is 2. The zero-order chi connectivity index (χ0) is 18.5. The first-order valence-electron chi connectivity index (χ1n) is 7.58. The second kappa shape index (κ2) is 7.47. The van der Waals surface area contributed by atoms with Crippen LogP contribution in [0.2, 0.25) is 0 Å². The first-order valence-corrected chi connectivity index (χ1v) is 7.58. The number of benzene rings is 2. The summed E-state index contributed by atoms with van der Waals surface area (Å²) in [7, 11) is 1.56. The molecule has 0 N–H and O–H groups in total. The summed E-state index contributed by atoms with van der Waals surface area (Å²) in [5, 5.41) is 4.05. The Hall–Kier alpha value is -3.68. The van der Waals surface area contributed by atoms with E-state index in [1.807, 2.05) is 0 Å². The summed E-state index contributed by atoms with van der Waals surface area (Å²) in [5.74, 6) is -1.61. The fourth-order valence-electron chi connectivity index (χ4n) is 2.26. The monoisotopic (exact) mass is 354 g/mol. The third-order valence-corrected chi connectivity index (χ3v) is 3.52. The molecule has 3 rings (SSSR count). The van der Waals surface area contributed by atoms with E-state index in [-0.39, 0.29) is 11.1 Å². The molecule has 0 saturated carbocycles. The average molecular weight is 354 g/mol. The molecule has 1 aliphatic rings. The lowest BCUT2D eigenvalue weighted by atomic mass is 10.1. The van der Waals surface area contributed by atoms with Gasteiger partial charge in [-0.3, -0.25) is 9.59 Å². The van der Waals surface area contributed by atoms with Crippen molar-refractivity contribution in [1.82, 2.24) is 5.06 Å². The number of hydrogen-bond acceptors (Lipinski definition) is 7. The van der Waals surface area contributed by atoms with Gasteiger partial charge in [0, 0.05) is 0 Å². The van der Waals surface area contributed by atoms with Crippen LogP contribution >= 0.6 is 0 Å². The fraction of sp³-hybridized carbons (Fsp3) is 0.111. The topological polar surface area (TPSA) is 94.5 Å². The summed E-state index contributed by atoms with van der Waals surface area (Å²) in [6.07, 6.45) is 1.40. The third kappa shape index (κ3) is 3.54. The van der Waals surface area contributed by atoms with Crippen LogP contribution in [0.25, 0.3) is 0 Å². The van der Waals surface area contributed by atoms with Crippen molar-refractivity contribution in [2.24, 2.45) is 5.16 Å². The first-order chi connectivity index (χ1) is 12.6. The predicted octanol–water partition coefficient (Wildman–Crippen LogP) is 1.80. The molecular weight excluding hydrogens is 340 g/mol. The summed E-state index contributed by atoms with van der Waals surface area (Å²) >= 11 is 0. The molecule has 0 atom stereocenters. The van der Waals surface area contributed by atoms with Gasteiger partial charge in [-0.15, -0.1) is 0 Å². The van der Waals surface area contributed by atoms with Crippen LogP contribution < -0.4 is 4.74 Å². The summed E-state index contributed by atoms with van der Waals surface area (Å²) in [6, 6.07) is 13.2. The van der Waals surface area contributed by atoms with E-state index in [0.29, 0.717) is 10.8 Å². The number of fused-ring (bicyclic) bond motifs is 1. The van der Waals surface area contributed by atoms with Crippen molar-refractivity contribution >= 4 is 24.0 Å². The minimum atomic E-state index is -0.925. The van der Waals surface area contributed by atoms with E-state index >= 15 is 0 Å². The number of amides is 2. The smallest absolute Gasteiger partial charge is 0.373 e. The van der Waals surface area contributed by atoms with Gasteiger partial charge in [0.05, 0.1) is 24.5 Å². The Labute approximate surface area is 148 Å². The maximum absolute atomic E-state index is 12.1. The van der Waals surface area contributed by atoms with Crippen molar-refractivity contribution in [2.75, 3.05) is 13.7 Å². The zero-order valence-electron chi connectivity index (χ0n) is 13.7. The van der Waals surface area contributed by atoms with E-state index in [0.717, 1.165) is 5.56 Å². The highest BCUT2D eigenvalue weighted by atomic mass is 16.7. The van der Waals surface area contributed by atoms with Crippen LogP contribution in [0, 0.1) is 0 Å². The number of rotatable bonds is 6. The normalized spacial score (nSPS) is 13.0. The van der Waals surface area contributed by atoms with Crippen molar-refractivity contribution in [1.29, 1.82) is 0 Å².